The maximum atomic E-state index is 11.4. The molecule has 0 aliphatic heterocycles. The molecule has 2 aromatic carbocycles. The second-order valence-electron chi connectivity index (χ2n) is 6.93. The number of aryl methyl sites for hydroxylation is 1. The minimum Gasteiger partial charge on any atom is -0.392 e. The molecule has 1 N–H and O–H groups in total. The van der Waals surface area contributed by atoms with Crippen molar-refractivity contribution in [3.8, 4) is 11.3 Å². The van der Waals surface area contributed by atoms with Crippen LogP contribution in [0.2, 0.25) is 0 Å². The number of aromatic nitrogens is 3. The first kappa shape index (κ1) is 20.7. The van der Waals surface area contributed by atoms with Crippen LogP contribution in [0.15, 0.2) is 71.2 Å². The van der Waals surface area contributed by atoms with Gasteiger partial charge in [0.15, 0.2) is 10.6 Å². The molecule has 0 saturated heterocycles. The van der Waals surface area contributed by atoms with Gasteiger partial charge >= 0.3 is 5.82 Å². The van der Waals surface area contributed by atoms with Crippen LogP contribution in [0.1, 0.15) is 11.4 Å². The third-order valence-electron chi connectivity index (χ3n) is 4.98. The predicted octanol–water partition coefficient (Wildman–Crippen LogP) is 4.05. The quantitative estimate of drug-likeness (QED) is 0.350. The van der Waals surface area contributed by atoms with Crippen molar-refractivity contribution in [2.45, 2.75) is 26.6 Å². The highest BCUT2D eigenvalue weighted by atomic mass is 32.1. The molecule has 0 unspecified atom stereocenters. The molecule has 0 radical (unpaired) electrons. The van der Waals surface area contributed by atoms with Gasteiger partial charge in [-0.05, 0) is 28.2 Å². The largest absolute Gasteiger partial charge is 0.392 e. The number of para-hydroxylation sites is 1. The van der Waals surface area contributed by atoms with Gasteiger partial charge in [0.25, 0.3) is 0 Å². The van der Waals surface area contributed by atoms with Crippen molar-refractivity contribution in [1.82, 2.24) is 14.1 Å². The van der Waals surface area contributed by atoms with Crippen LogP contribution in [0.4, 0.5) is 11.5 Å². The summed E-state index contributed by atoms with van der Waals surface area (Å²) in [6, 6.07) is 17.4. The topological polar surface area (TPSA) is 98.5 Å². The maximum absolute atomic E-state index is 11.4. The molecule has 0 saturated carbocycles. The van der Waals surface area contributed by atoms with Gasteiger partial charge in [-0.15, -0.1) is 11.3 Å². The number of hydrogen-bond acceptors (Lipinski definition) is 6. The van der Waals surface area contributed by atoms with Crippen LogP contribution in [-0.4, -0.2) is 24.1 Å². The van der Waals surface area contributed by atoms with Crippen LogP contribution in [0.25, 0.3) is 11.3 Å². The van der Waals surface area contributed by atoms with E-state index in [1.165, 1.54) is 17.5 Å². The zero-order chi connectivity index (χ0) is 21.8. The molecule has 0 spiro atoms. The average Bonchev–Trinajstić information content (AvgIpc) is 3.36. The number of rotatable bonds is 7. The Morgan fingerprint density at radius 1 is 1.10 bits per heavy atom. The average molecular weight is 436 g/mol. The molecule has 158 valence electrons. The number of imidazole rings is 1. The summed E-state index contributed by atoms with van der Waals surface area (Å²) in [6.45, 7) is 2.63. The van der Waals surface area contributed by atoms with Gasteiger partial charge in [0.05, 0.1) is 24.5 Å². The van der Waals surface area contributed by atoms with Gasteiger partial charge < -0.3 is 19.8 Å². The molecule has 2 aromatic heterocycles. The Kier molecular flexibility index (Phi) is 6.06. The summed E-state index contributed by atoms with van der Waals surface area (Å²) >= 11 is 1.52. The summed E-state index contributed by atoms with van der Waals surface area (Å²) in [5.74, 6) is 0.571. The van der Waals surface area contributed by atoms with E-state index in [1.54, 1.807) is 11.5 Å². The zero-order valence-electron chi connectivity index (χ0n) is 16.9. The second-order valence-corrected chi connectivity index (χ2v) is 7.77. The Balaban J connectivity index is 1.76. The molecule has 9 heteroatoms. The van der Waals surface area contributed by atoms with Crippen LogP contribution in [0.5, 0.6) is 0 Å². The Bertz CT molecular complexity index is 1260. The third kappa shape index (κ3) is 4.47. The van der Waals surface area contributed by atoms with Crippen molar-refractivity contribution < 1.29 is 10.0 Å². The summed E-state index contributed by atoms with van der Waals surface area (Å²) in [5.41, 5.74) is 3.62. The fourth-order valence-electron chi connectivity index (χ4n) is 3.34. The zero-order valence-corrected chi connectivity index (χ0v) is 17.7. The predicted molar refractivity (Wildman–Crippen MR) is 119 cm³/mol. The van der Waals surface area contributed by atoms with Gasteiger partial charge in [0, 0.05) is 12.3 Å². The molecule has 0 bridgehead atoms. The molecule has 2 heterocycles. The maximum Gasteiger partial charge on any atom is 0.342 e. The van der Waals surface area contributed by atoms with E-state index in [1.807, 2.05) is 60.0 Å². The minimum absolute atomic E-state index is 0.0118. The number of hydrogen-bond donors (Lipinski definition) is 1. The lowest BCUT2D eigenvalue weighted by Crippen LogP contribution is -2.20. The summed E-state index contributed by atoms with van der Waals surface area (Å²) in [6.07, 6.45) is 1.29. The molecule has 0 amide bonds. The highest BCUT2D eigenvalue weighted by Crippen LogP contribution is 2.22. The highest BCUT2D eigenvalue weighted by molar-refractivity contribution is 7.07. The fraction of sp³-hybridized carbons (Fsp3) is 0.182. The van der Waals surface area contributed by atoms with E-state index in [0.29, 0.717) is 18.9 Å². The van der Waals surface area contributed by atoms with Gasteiger partial charge in [-0.25, -0.2) is 14.5 Å². The van der Waals surface area contributed by atoms with Crippen molar-refractivity contribution in [2.24, 2.45) is 4.99 Å². The Morgan fingerprint density at radius 3 is 2.48 bits per heavy atom. The number of benzene rings is 2. The first-order valence-corrected chi connectivity index (χ1v) is 10.6. The summed E-state index contributed by atoms with van der Waals surface area (Å²) in [4.78, 5) is 20.6. The highest BCUT2D eigenvalue weighted by Gasteiger charge is 2.18. The van der Waals surface area contributed by atoms with Gasteiger partial charge in [-0.2, -0.15) is 0 Å². The van der Waals surface area contributed by atoms with E-state index in [-0.39, 0.29) is 12.4 Å². The molecule has 0 fully saturated rings. The lowest BCUT2D eigenvalue weighted by atomic mass is 10.1. The van der Waals surface area contributed by atoms with Crippen LogP contribution in [0, 0.1) is 17.0 Å². The second kappa shape index (κ2) is 9.07. The van der Waals surface area contributed by atoms with Crippen molar-refractivity contribution in [3.05, 3.63) is 92.5 Å². The van der Waals surface area contributed by atoms with Crippen LogP contribution >= 0.6 is 11.3 Å². The fourth-order valence-corrected chi connectivity index (χ4v) is 4.29. The van der Waals surface area contributed by atoms with E-state index in [2.05, 4.69) is 9.55 Å². The van der Waals surface area contributed by atoms with Gasteiger partial charge in [0.2, 0.25) is 0 Å². The number of thiazole rings is 1. The molecule has 0 atom stereocenters. The Morgan fingerprint density at radius 2 is 1.81 bits per heavy atom. The monoisotopic (exact) mass is 435 g/mol. The normalized spacial score (nSPS) is 11.7. The van der Waals surface area contributed by atoms with Crippen molar-refractivity contribution >= 4 is 22.8 Å². The SMILES string of the molecule is Cc1ncc([N+](=O)[O-])n1CCn1c(-c2ccc(CO)cc2)csc1=Nc1ccccc1. The Hall–Kier alpha value is -3.56. The van der Waals surface area contributed by atoms with Crippen molar-refractivity contribution in [3.63, 3.8) is 0 Å². The lowest BCUT2D eigenvalue weighted by Gasteiger charge is -2.10. The van der Waals surface area contributed by atoms with Crippen LogP contribution in [-0.2, 0) is 19.7 Å². The van der Waals surface area contributed by atoms with E-state index in [0.717, 1.165) is 27.3 Å². The van der Waals surface area contributed by atoms with E-state index < -0.39 is 4.92 Å². The van der Waals surface area contributed by atoms with Gasteiger partial charge in [-0.1, -0.05) is 42.5 Å². The summed E-state index contributed by atoms with van der Waals surface area (Å²) in [5, 5.41) is 22.7. The molecule has 0 aliphatic rings. The number of aliphatic hydroxyl groups is 1. The first-order chi connectivity index (χ1) is 15.1. The van der Waals surface area contributed by atoms with Crippen molar-refractivity contribution in [1.29, 1.82) is 0 Å². The van der Waals surface area contributed by atoms with Crippen LogP contribution in [0.3, 0.4) is 0 Å². The molecule has 31 heavy (non-hydrogen) atoms. The minimum atomic E-state index is -0.415. The standard InChI is InChI=1S/C22H21N5O3S/c1-16-23-13-21(27(29)30)25(16)11-12-26-20(18-9-7-17(14-28)8-10-18)15-31-22(26)24-19-5-3-2-4-6-19/h2-10,13,15,28H,11-12,14H2,1H3. The molecule has 0 aliphatic carbocycles. The molecule has 4 aromatic rings. The lowest BCUT2D eigenvalue weighted by molar-refractivity contribution is -0.392. The summed E-state index contributed by atoms with van der Waals surface area (Å²) in [7, 11) is 0. The molecular weight excluding hydrogens is 414 g/mol. The number of nitro groups is 1. The number of aliphatic hydroxyl groups excluding tert-OH is 1. The molecular formula is C22H21N5O3S. The van der Waals surface area contributed by atoms with E-state index >= 15 is 0 Å². The van der Waals surface area contributed by atoms with Gasteiger partial charge in [-0.3, -0.25) is 0 Å². The molecule has 8 nitrogen and oxygen atoms in total. The van der Waals surface area contributed by atoms with Crippen molar-refractivity contribution in [2.75, 3.05) is 0 Å². The van der Waals surface area contributed by atoms with E-state index in [4.69, 9.17) is 4.99 Å². The smallest absolute Gasteiger partial charge is 0.342 e. The summed E-state index contributed by atoms with van der Waals surface area (Å²) < 4.78 is 3.67. The number of nitrogens with zero attached hydrogens (tertiary/aromatic N) is 5. The third-order valence-corrected chi connectivity index (χ3v) is 5.84. The van der Waals surface area contributed by atoms with Crippen LogP contribution < -0.4 is 4.80 Å². The first-order valence-electron chi connectivity index (χ1n) is 9.71. The molecule has 4 rings (SSSR count). The van der Waals surface area contributed by atoms with E-state index in [9.17, 15) is 15.2 Å². The Labute approximate surface area is 182 Å². The van der Waals surface area contributed by atoms with Gasteiger partial charge in [0.1, 0.15) is 12.7 Å².